The molecule has 1 saturated heterocycles. The molecule has 1 aromatic heterocycles. The van der Waals surface area contributed by atoms with Gasteiger partial charge in [-0.1, -0.05) is 0 Å². The van der Waals surface area contributed by atoms with Crippen LogP contribution in [0.2, 0.25) is 6.82 Å². The Morgan fingerprint density at radius 2 is 2.31 bits per heavy atom. The summed E-state index contributed by atoms with van der Waals surface area (Å²) >= 11 is 0. The van der Waals surface area contributed by atoms with Crippen molar-refractivity contribution in [3.63, 3.8) is 0 Å². The Balaban J connectivity index is 1.96. The molecule has 1 aliphatic rings. The van der Waals surface area contributed by atoms with Crippen molar-refractivity contribution in [2.45, 2.75) is 19.4 Å². The summed E-state index contributed by atoms with van der Waals surface area (Å²) in [6.07, 6.45) is 5.62. The predicted octanol–water partition coefficient (Wildman–Crippen LogP) is -0.391. The van der Waals surface area contributed by atoms with Gasteiger partial charge in [0.25, 0.3) is 0 Å². The zero-order chi connectivity index (χ0) is 11.5. The van der Waals surface area contributed by atoms with Crippen molar-refractivity contribution < 1.29 is 5.02 Å². The van der Waals surface area contributed by atoms with Gasteiger partial charge in [0.05, 0.1) is 6.33 Å². The van der Waals surface area contributed by atoms with Crippen molar-refractivity contribution in [1.29, 1.82) is 0 Å². The Labute approximate surface area is 96.8 Å². The maximum atomic E-state index is 9.60. The fourth-order valence-electron chi connectivity index (χ4n) is 2.14. The summed E-state index contributed by atoms with van der Waals surface area (Å²) in [7, 11) is 1.79. The zero-order valence-corrected chi connectivity index (χ0v) is 9.95. The number of imidazole rings is 1. The average Bonchev–Trinajstić information content (AvgIpc) is 2.73. The second-order valence-corrected chi connectivity index (χ2v) is 4.52. The van der Waals surface area contributed by atoms with Crippen LogP contribution in [-0.2, 0) is 6.54 Å². The molecular weight excluding hydrogens is 203 g/mol. The number of aromatic nitrogens is 2. The molecule has 6 heteroatoms. The summed E-state index contributed by atoms with van der Waals surface area (Å²) in [6.45, 7) is 5.62. The normalized spacial score (nSPS) is 23.6. The van der Waals surface area contributed by atoms with Crippen LogP contribution >= 0.6 is 0 Å². The summed E-state index contributed by atoms with van der Waals surface area (Å²) < 4.78 is 2.09. The van der Waals surface area contributed by atoms with Gasteiger partial charge in [-0.2, -0.15) is 0 Å². The fraction of sp³-hybridized carbons (Fsp3) is 0.700. The summed E-state index contributed by atoms with van der Waals surface area (Å²) in [4.78, 5) is 8.51. The highest BCUT2D eigenvalue weighted by Crippen LogP contribution is 2.10. The number of piperazine rings is 1. The molecule has 1 atom stereocenters. The van der Waals surface area contributed by atoms with Crippen molar-refractivity contribution >= 4 is 7.05 Å². The maximum absolute atomic E-state index is 9.60. The van der Waals surface area contributed by atoms with E-state index in [0.717, 1.165) is 26.2 Å². The van der Waals surface area contributed by atoms with E-state index in [1.165, 1.54) is 0 Å². The van der Waals surface area contributed by atoms with E-state index in [1.807, 2.05) is 19.3 Å². The van der Waals surface area contributed by atoms with E-state index in [1.54, 1.807) is 6.20 Å². The number of likely N-dealkylation sites (N-methyl/N-ethyl adjacent to an activating group) is 1. The molecule has 0 amide bonds. The molecule has 0 unspecified atom stereocenters. The molecule has 5 nitrogen and oxygen atoms in total. The van der Waals surface area contributed by atoms with Gasteiger partial charge in [0.15, 0.2) is 0 Å². The smallest absolute Gasteiger partial charge is 0.376 e. The van der Waals surface area contributed by atoms with Crippen LogP contribution in [0, 0.1) is 0 Å². The predicted molar refractivity (Wildman–Crippen MR) is 64.1 cm³/mol. The highest BCUT2D eigenvalue weighted by molar-refractivity contribution is 6.45. The SMILES string of the molecule is CB(O)N1CCN(C)[C@@H](Cn2ccnc2)C1. The topological polar surface area (TPSA) is 44.5 Å². The molecule has 1 N–H and O–H groups in total. The van der Waals surface area contributed by atoms with Gasteiger partial charge >= 0.3 is 7.05 Å². The second kappa shape index (κ2) is 4.99. The zero-order valence-electron chi connectivity index (χ0n) is 9.95. The monoisotopic (exact) mass is 222 g/mol. The molecule has 0 aliphatic carbocycles. The Hall–Kier alpha value is -0.845. The highest BCUT2D eigenvalue weighted by atomic mass is 16.2. The molecule has 16 heavy (non-hydrogen) atoms. The summed E-state index contributed by atoms with van der Waals surface area (Å²) in [6, 6.07) is 0.442. The van der Waals surface area contributed by atoms with E-state index in [4.69, 9.17) is 0 Å². The van der Waals surface area contributed by atoms with E-state index in [9.17, 15) is 5.02 Å². The van der Waals surface area contributed by atoms with Gasteiger partial charge in [-0.25, -0.2) is 4.98 Å². The van der Waals surface area contributed by atoms with Crippen LogP contribution in [0.3, 0.4) is 0 Å². The lowest BCUT2D eigenvalue weighted by molar-refractivity contribution is 0.123. The number of nitrogens with zero attached hydrogens (tertiary/aromatic N) is 4. The second-order valence-electron chi connectivity index (χ2n) is 4.52. The number of hydrogen-bond donors (Lipinski definition) is 1. The van der Waals surface area contributed by atoms with E-state index in [2.05, 4.69) is 26.3 Å². The molecule has 1 aromatic rings. The third kappa shape index (κ3) is 2.64. The van der Waals surface area contributed by atoms with Gasteiger partial charge in [-0.15, -0.1) is 0 Å². The van der Waals surface area contributed by atoms with Gasteiger partial charge < -0.3 is 14.4 Å². The van der Waals surface area contributed by atoms with Gasteiger partial charge in [-0.3, -0.25) is 4.90 Å². The molecule has 88 valence electrons. The summed E-state index contributed by atoms with van der Waals surface area (Å²) in [5.41, 5.74) is 0. The van der Waals surface area contributed by atoms with Crippen LogP contribution in [0.4, 0.5) is 0 Å². The standard InChI is InChI=1S/C10H19BN4O/c1-11(16)15-6-5-13(2)10(8-15)7-14-4-3-12-9-14/h3-4,9-10,16H,5-8H2,1-2H3/t10-/m0/s1. The Morgan fingerprint density at radius 3 is 2.94 bits per heavy atom. The van der Waals surface area contributed by atoms with E-state index in [0.29, 0.717) is 6.04 Å². The molecule has 2 rings (SSSR count). The van der Waals surface area contributed by atoms with Crippen molar-refractivity contribution in [3.05, 3.63) is 18.7 Å². The first-order valence-electron chi connectivity index (χ1n) is 5.75. The molecule has 0 bridgehead atoms. The third-order valence-electron chi connectivity index (χ3n) is 3.32. The summed E-state index contributed by atoms with van der Waals surface area (Å²) in [5, 5.41) is 9.60. The quantitative estimate of drug-likeness (QED) is 0.707. The van der Waals surface area contributed by atoms with E-state index in [-0.39, 0.29) is 7.05 Å². The fourth-order valence-corrected chi connectivity index (χ4v) is 2.14. The van der Waals surface area contributed by atoms with Gasteiger partial charge in [0.1, 0.15) is 0 Å². The average molecular weight is 222 g/mol. The van der Waals surface area contributed by atoms with Crippen molar-refractivity contribution in [1.82, 2.24) is 19.3 Å². The largest absolute Gasteiger partial charge is 0.437 e. The van der Waals surface area contributed by atoms with Gasteiger partial charge in [0, 0.05) is 44.6 Å². The van der Waals surface area contributed by atoms with E-state index < -0.39 is 0 Å². The van der Waals surface area contributed by atoms with Crippen molar-refractivity contribution in [2.24, 2.45) is 0 Å². The minimum Gasteiger partial charge on any atom is -0.437 e. The molecule has 2 heterocycles. The lowest BCUT2D eigenvalue weighted by Crippen LogP contribution is -2.56. The first kappa shape index (κ1) is 11.6. The minimum absolute atomic E-state index is 0.348. The Bertz CT molecular complexity index is 317. The van der Waals surface area contributed by atoms with Crippen molar-refractivity contribution in [3.8, 4) is 0 Å². The van der Waals surface area contributed by atoms with Crippen molar-refractivity contribution in [2.75, 3.05) is 26.7 Å². The van der Waals surface area contributed by atoms with E-state index >= 15 is 0 Å². The number of rotatable bonds is 3. The summed E-state index contributed by atoms with van der Waals surface area (Å²) in [5.74, 6) is 0. The Morgan fingerprint density at radius 1 is 1.50 bits per heavy atom. The molecule has 1 aliphatic heterocycles. The molecule has 0 radical (unpaired) electrons. The van der Waals surface area contributed by atoms with Crippen LogP contribution in [0.1, 0.15) is 0 Å². The van der Waals surface area contributed by atoms with Crippen LogP contribution in [0.5, 0.6) is 0 Å². The molecule has 0 aromatic carbocycles. The lowest BCUT2D eigenvalue weighted by atomic mass is 9.83. The number of hydrogen-bond acceptors (Lipinski definition) is 4. The lowest BCUT2D eigenvalue weighted by Gasteiger charge is -2.40. The molecular formula is C10H19BN4O. The molecule has 1 fully saturated rings. The van der Waals surface area contributed by atoms with Crippen LogP contribution in [-0.4, -0.2) is 64.1 Å². The Kier molecular flexibility index (Phi) is 3.63. The molecule has 0 saturated carbocycles. The highest BCUT2D eigenvalue weighted by Gasteiger charge is 2.28. The minimum atomic E-state index is -0.348. The van der Waals surface area contributed by atoms with Crippen LogP contribution in [0.25, 0.3) is 0 Å². The van der Waals surface area contributed by atoms with Crippen LogP contribution in [0.15, 0.2) is 18.7 Å². The van der Waals surface area contributed by atoms with Gasteiger partial charge in [-0.05, 0) is 13.9 Å². The van der Waals surface area contributed by atoms with Gasteiger partial charge in [0.2, 0.25) is 0 Å². The third-order valence-corrected chi connectivity index (χ3v) is 3.32. The maximum Gasteiger partial charge on any atom is 0.376 e. The first-order valence-corrected chi connectivity index (χ1v) is 5.75. The molecule has 0 spiro atoms. The van der Waals surface area contributed by atoms with Crippen LogP contribution < -0.4 is 0 Å². The first-order chi connectivity index (χ1) is 7.66.